The summed E-state index contributed by atoms with van der Waals surface area (Å²) in [5.74, 6) is 1.77. The average molecular weight is 558 g/mol. The molecule has 0 saturated heterocycles. The molecule has 11 heteroatoms. The van der Waals surface area contributed by atoms with E-state index < -0.39 is 6.61 Å². The first kappa shape index (κ1) is 25.3. The van der Waals surface area contributed by atoms with Gasteiger partial charge >= 0.3 is 6.61 Å². The van der Waals surface area contributed by atoms with Crippen molar-refractivity contribution in [3.8, 4) is 17.2 Å². The van der Waals surface area contributed by atoms with Crippen LogP contribution in [0.3, 0.4) is 0 Å². The number of aliphatic imine (C=N–C) groups is 1. The zero-order valence-electron chi connectivity index (χ0n) is 17.7. The number of nitrogens with one attached hydrogen (secondary N) is 2. The van der Waals surface area contributed by atoms with Crippen molar-refractivity contribution >= 4 is 29.9 Å². The van der Waals surface area contributed by atoms with Crippen LogP contribution in [0, 0.1) is 0 Å². The largest absolute Gasteiger partial charge is 0.497 e. The van der Waals surface area contributed by atoms with Crippen LogP contribution in [-0.4, -0.2) is 41.0 Å². The molecule has 1 heterocycles. The van der Waals surface area contributed by atoms with Gasteiger partial charge in [-0.05, 0) is 37.3 Å². The number of guanidine groups is 1. The number of hydrogen-bond donors (Lipinski definition) is 2. The minimum atomic E-state index is -2.92. The number of rotatable bonds is 9. The Morgan fingerprint density at radius 2 is 1.94 bits per heavy atom. The van der Waals surface area contributed by atoms with E-state index in [-0.39, 0.29) is 36.3 Å². The van der Waals surface area contributed by atoms with E-state index in [1.807, 2.05) is 41.8 Å². The Hall–Kier alpha value is -2.96. The van der Waals surface area contributed by atoms with Gasteiger partial charge in [-0.3, -0.25) is 4.57 Å². The summed E-state index contributed by atoms with van der Waals surface area (Å²) in [5, 5.41) is 14.5. The molecule has 1 aromatic heterocycles. The van der Waals surface area contributed by atoms with E-state index in [4.69, 9.17) is 4.74 Å². The summed E-state index contributed by atoms with van der Waals surface area (Å²) in [6.07, 6.45) is 1.64. The number of aromatic nitrogens is 3. The number of para-hydroxylation sites is 1. The van der Waals surface area contributed by atoms with Crippen LogP contribution in [0.5, 0.6) is 11.5 Å². The Labute approximate surface area is 202 Å². The second kappa shape index (κ2) is 12.8. The van der Waals surface area contributed by atoms with E-state index in [0.717, 1.165) is 5.69 Å². The molecule has 2 aromatic carbocycles. The smallest absolute Gasteiger partial charge is 0.387 e. The third kappa shape index (κ3) is 7.04. The Balaban J connectivity index is 0.00000363. The molecule has 0 bridgehead atoms. The molecule has 172 valence electrons. The third-order valence-electron chi connectivity index (χ3n) is 4.30. The molecule has 0 spiro atoms. The number of methoxy groups -OCH3 is 1. The van der Waals surface area contributed by atoms with Gasteiger partial charge in [0.05, 0.1) is 20.2 Å². The summed E-state index contributed by atoms with van der Waals surface area (Å²) in [4.78, 5) is 4.49. The molecule has 0 fully saturated rings. The number of ether oxygens (including phenoxy) is 2. The van der Waals surface area contributed by atoms with Crippen molar-refractivity contribution in [2.24, 2.45) is 4.99 Å². The van der Waals surface area contributed by atoms with Gasteiger partial charge in [-0.25, -0.2) is 4.99 Å². The lowest BCUT2D eigenvalue weighted by Crippen LogP contribution is -2.37. The van der Waals surface area contributed by atoms with E-state index in [9.17, 15) is 8.78 Å². The fourth-order valence-electron chi connectivity index (χ4n) is 2.87. The fourth-order valence-corrected chi connectivity index (χ4v) is 2.87. The lowest BCUT2D eigenvalue weighted by molar-refractivity contribution is -0.0504. The van der Waals surface area contributed by atoms with Crippen molar-refractivity contribution in [2.45, 2.75) is 26.6 Å². The SMILES string of the molecule is CCNC(=NCc1cc(OC)ccc1OC(F)F)NCc1nncn1-c1ccccc1.I. The van der Waals surface area contributed by atoms with Crippen LogP contribution in [0.2, 0.25) is 0 Å². The zero-order chi connectivity index (χ0) is 22.1. The number of halogens is 3. The van der Waals surface area contributed by atoms with E-state index in [1.165, 1.54) is 13.2 Å². The maximum Gasteiger partial charge on any atom is 0.387 e. The number of benzene rings is 2. The molecule has 0 unspecified atom stereocenters. The Morgan fingerprint density at radius 1 is 1.16 bits per heavy atom. The highest BCUT2D eigenvalue weighted by Gasteiger charge is 2.12. The summed E-state index contributed by atoms with van der Waals surface area (Å²) >= 11 is 0. The monoisotopic (exact) mass is 558 g/mol. The molecule has 0 aliphatic carbocycles. The van der Waals surface area contributed by atoms with Crippen LogP contribution < -0.4 is 20.1 Å². The molecule has 0 amide bonds. The molecule has 8 nitrogen and oxygen atoms in total. The number of nitrogens with zero attached hydrogens (tertiary/aromatic N) is 4. The molecular weight excluding hydrogens is 533 g/mol. The van der Waals surface area contributed by atoms with Gasteiger partial charge in [0.2, 0.25) is 0 Å². The average Bonchev–Trinajstić information content (AvgIpc) is 3.25. The normalized spacial score (nSPS) is 11.1. The molecule has 3 aromatic rings. The molecule has 0 atom stereocenters. The van der Waals surface area contributed by atoms with Gasteiger partial charge in [-0.1, -0.05) is 18.2 Å². The lowest BCUT2D eigenvalue weighted by Gasteiger charge is -2.14. The van der Waals surface area contributed by atoms with Gasteiger partial charge in [0.15, 0.2) is 11.8 Å². The van der Waals surface area contributed by atoms with Crippen LogP contribution in [0.25, 0.3) is 5.69 Å². The summed E-state index contributed by atoms with van der Waals surface area (Å²) in [7, 11) is 1.50. The van der Waals surface area contributed by atoms with Gasteiger partial charge in [-0.15, -0.1) is 34.2 Å². The Kier molecular flexibility index (Phi) is 10.1. The lowest BCUT2D eigenvalue weighted by atomic mass is 10.2. The molecule has 2 N–H and O–H groups in total. The van der Waals surface area contributed by atoms with Gasteiger partial charge in [0.1, 0.15) is 17.8 Å². The minimum Gasteiger partial charge on any atom is -0.497 e. The number of alkyl halides is 2. The van der Waals surface area contributed by atoms with Gasteiger partial charge in [0.25, 0.3) is 0 Å². The first-order chi connectivity index (χ1) is 15.1. The molecule has 0 saturated carbocycles. The van der Waals surface area contributed by atoms with Crippen LogP contribution in [0.1, 0.15) is 18.3 Å². The van der Waals surface area contributed by atoms with E-state index in [2.05, 4.69) is 30.6 Å². The van der Waals surface area contributed by atoms with E-state index >= 15 is 0 Å². The van der Waals surface area contributed by atoms with Crippen LogP contribution >= 0.6 is 24.0 Å². The van der Waals surface area contributed by atoms with Crippen molar-refractivity contribution in [2.75, 3.05) is 13.7 Å². The molecule has 32 heavy (non-hydrogen) atoms. The zero-order valence-corrected chi connectivity index (χ0v) is 20.0. The van der Waals surface area contributed by atoms with E-state index in [0.29, 0.717) is 36.2 Å². The quantitative estimate of drug-likeness (QED) is 0.237. The predicted molar refractivity (Wildman–Crippen MR) is 128 cm³/mol. The molecular formula is C21H25F2IN6O2. The third-order valence-corrected chi connectivity index (χ3v) is 4.30. The van der Waals surface area contributed by atoms with Gasteiger partial charge in [0, 0.05) is 17.8 Å². The van der Waals surface area contributed by atoms with Crippen molar-refractivity contribution in [3.05, 3.63) is 66.2 Å². The van der Waals surface area contributed by atoms with Crippen molar-refractivity contribution in [1.29, 1.82) is 0 Å². The number of hydrogen-bond acceptors (Lipinski definition) is 5. The predicted octanol–water partition coefficient (Wildman–Crippen LogP) is 3.75. The second-order valence-electron chi connectivity index (χ2n) is 6.35. The molecule has 0 aliphatic rings. The van der Waals surface area contributed by atoms with Gasteiger partial charge < -0.3 is 20.1 Å². The highest BCUT2D eigenvalue weighted by Crippen LogP contribution is 2.26. The van der Waals surface area contributed by atoms with Crippen LogP contribution in [-0.2, 0) is 13.1 Å². The van der Waals surface area contributed by atoms with Crippen molar-refractivity contribution in [1.82, 2.24) is 25.4 Å². The molecule has 0 radical (unpaired) electrons. The summed E-state index contributed by atoms with van der Waals surface area (Å²) in [6, 6.07) is 14.3. The first-order valence-electron chi connectivity index (χ1n) is 9.69. The maximum atomic E-state index is 12.7. The topological polar surface area (TPSA) is 85.6 Å². The highest BCUT2D eigenvalue weighted by molar-refractivity contribution is 14.0. The summed E-state index contributed by atoms with van der Waals surface area (Å²) in [6.45, 7) is 0.0990. The van der Waals surface area contributed by atoms with Crippen LogP contribution in [0.4, 0.5) is 8.78 Å². The first-order valence-corrected chi connectivity index (χ1v) is 9.69. The Morgan fingerprint density at radius 3 is 2.62 bits per heavy atom. The minimum absolute atomic E-state index is 0. The van der Waals surface area contributed by atoms with Crippen molar-refractivity contribution < 1.29 is 18.3 Å². The summed E-state index contributed by atoms with van der Waals surface area (Å²) in [5.41, 5.74) is 1.42. The van der Waals surface area contributed by atoms with Gasteiger partial charge in [-0.2, -0.15) is 8.78 Å². The second-order valence-corrected chi connectivity index (χ2v) is 6.35. The van der Waals surface area contributed by atoms with Crippen LogP contribution in [0.15, 0.2) is 59.9 Å². The highest BCUT2D eigenvalue weighted by atomic mass is 127. The Bertz CT molecular complexity index is 1000. The fraction of sp³-hybridized carbons (Fsp3) is 0.286. The standard InChI is InChI=1S/C21H24F2N6O2.HI/c1-3-24-21(25-12-15-11-17(30-2)9-10-18(15)31-20(22)23)26-13-19-28-27-14-29(19)16-7-5-4-6-8-16;/h4-11,14,20H,3,12-13H2,1-2H3,(H2,24,25,26);1H. The maximum absolute atomic E-state index is 12.7. The molecule has 0 aliphatic heterocycles. The van der Waals surface area contributed by atoms with Crippen molar-refractivity contribution in [3.63, 3.8) is 0 Å². The van der Waals surface area contributed by atoms with E-state index in [1.54, 1.807) is 18.5 Å². The molecule has 3 rings (SSSR count). The summed E-state index contributed by atoms with van der Waals surface area (Å²) < 4.78 is 37.1.